The molecule has 0 aromatic carbocycles. The van der Waals surface area contributed by atoms with Crippen LogP contribution in [0.5, 0.6) is 0 Å². The van der Waals surface area contributed by atoms with Crippen LogP contribution >= 0.6 is 0 Å². The van der Waals surface area contributed by atoms with Gasteiger partial charge in [-0.1, -0.05) is 39.7 Å². The number of carboxylic acid groups (broad SMARTS) is 1. The summed E-state index contributed by atoms with van der Waals surface area (Å²) in [6.45, 7) is 5.92. The molecule has 0 saturated carbocycles. The lowest BCUT2D eigenvalue weighted by Gasteiger charge is -2.05. The average Bonchev–Trinajstić information content (AvgIpc) is 1.96. The fourth-order valence-electron chi connectivity index (χ4n) is 1.03. The van der Waals surface area contributed by atoms with Crippen LogP contribution in [0.2, 0.25) is 0 Å². The maximum atomic E-state index is 10.7. The van der Waals surface area contributed by atoms with E-state index in [9.17, 15) is 4.79 Å². The fraction of sp³-hybridized carbons (Fsp3) is 0.700. The predicted octanol–water partition coefficient (Wildman–Crippen LogP) is 2.84. The second-order valence-corrected chi connectivity index (χ2v) is 3.26. The molecule has 0 aromatic rings. The number of unbranched alkanes of at least 4 members (excludes halogenated alkanes) is 2. The molecule has 2 heteroatoms. The standard InChI is InChI=1S/C10H18O2/c1-4-5-6-7-9(8(2)3)10(11)12/h7-8H,4-6H2,1-3H3,(H,11,12). The highest BCUT2D eigenvalue weighted by molar-refractivity contribution is 5.86. The predicted molar refractivity (Wildman–Crippen MR) is 50.1 cm³/mol. The molecule has 0 bridgehead atoms. The lowest BCUT2D eigenvalue weighted by molar-refractivity contribution is -0.133. The first-order valence-corrected chi connectivity index (χ1v) is 4.53. The van der Waals surface area contributed by atoms with Crippen LogP contribution in [-0.2, 0) is 4.79 Å². The van der Waals surface area contributed by atoms with Gasteiger partial charge in [0, 0.05) is 5.57 Å². The molecule has 0 aliphatic rings. The summed E-state index contributed by atoms with van der Waals surface area (Å²) in [4.78, 5) is 10.7. The van der Waals surface area contributed by atoms with Crippen molar-refractivity contribution in [2.75, 3.05) is 0 Å². The quantitative estimate of drug-likeness (QED) is 0.509. The molecule has 0 atom stereocenters. The van der Waals surface area contributed by atoms with Crippen LogP contribution in [0.4, 0.5) is 0 Å². The van der Waals surface area contributed by atoms with Gasteiger partial charge in [-0.25, -0.2) is 4.79 Å². The maximum absolute atomic E-state index is 10.7. The summed E-state index contributed by atoms with van der Waals surface area (Å²) in [6, 6.07) is 0. The van der Waals surface area contributed by atoms with Crippen molar-refractivity contribution in [3.8, 4) is 0 Å². The van der Waals surface area contributed by atoms with Gasteiger partial charge in [0.1, 0.15) is 0 Å². The van der Waals surface area contributed by atoms with Crippen molar-refractivity contribution in [2.45, 2.75) is 40.0 Å². The van der Waals surface area contributed by atoms with Gasteiger partial charge in [0.15, 0.2) is 0 Å². The van der Waals surface area contributed by atoms with Crippen LogP contribution in [0.3, 0.4) is 0 Å². The minimum atomic E-state index is -0.777. The Morgan fingerprint density at radius 2 is 2.08 bits per heavy atom. The van der Waals surface area contributed by atoms with Gasteiger partial charge in [0.2, 0.25) is 0 Å². The van der Waals surface area contributed by atoms with Gasteiger partial charge in [-0.15, -0.1) is 0 Å². The third kappa shape index (κ3) is 4.16. The van der Waals surface area contributed by atoms with Gasteiger partial charge >= 0.3 is 5.97 Å². The Morgan fingerprint density at radius 1 is 1.50 bits per heavy atom. The van der Waals surface area contributed by atoms with Crippen molar-refractivity contribution in [3.05, 3.63) is 11.6 Å². The van der Waals surface area contributed by atoms with E-state index in [-0.39, 0.29) is 5.92 Å². The van der Waals surface area contributed by atoms with Gasteiger partial charge in [-0.3, -0.25) is 0 Å². The smallest absolute Gasteiger partial charge is 0.331 e. The lowest BCUT2D eigenvalue weighted by atomic mass is 10.0. The molecule has 0 heterocycles. The molecular weight excluding hydrogens is 152 g/mol. The van der Waals surface area contributed by atoms with Gasteiger partial charge in [-0.05, 0) is 12.3 Å². The van der Waals surface area contributed by atoms with Crippen LogP contribution in [0.15, 0.2) is 11.6 Å². The third-order valence-corrected chi connectivity index (χ3v) is 1.79. The fourth-order valence-corrected chi connectivity index (χ4v) is 1.03. The zero-order valence-corrected chi connectivity index (χ0v) is 8.13. The van der Waals surface area contributed by atoms with E-state index >= 15 is 0 Å². The molecule has 2 nitrogen and oxygen atoms in total. The Bertz CT molecular complexity index is 169. The van der Waals surface area contributed by atoms with Crippen LogP contribution < -0.4 is 0 Å². The first-order chi connectivity index (χ1) is 5.59. The van der Waals surface area contributed by atoms with Crippen LogP contribution in [0, 0.1) is 5.92 Å². The zero-order chi connectivity index (χ0) is 9.56. The number of allylic oxidation sites excluding steroid dienone is 1. The average molecular weight is 170 g/mol. The Hall–Kier alpha value is -0.790. The lowest BCUT2D eigenvalue weighted by Crippen LogP contribution is -2.06. The monoisotopic (exact) mass is 170 g/mol. The van der Waals surface area contributed by atoms with Gasteiger partial charge < -0.3 is 5.11 Å². The van der Waals surface area contributed by atoms with E-state index in [1.54, 1.807) is 0 Å². The summed E-state index contributed by atoms with van der Waals surface area (Å²) in [7, 11) is 0. The van der Waals surface area contributed by atoms with Crippen LogP contribution in [0.25, 0.3) is 0 Å². The molecule has 0 fully saturated rings. The molecule has 0 saturated heterocycles. The third-order valence-electron chi connectivity index (χ3n) is 1.79. The van der Waals surface area contributed by atoms with Crippen molar-refractivity contribution >= 4 is 5.97 Å². The van der Waals surface area contributed by atoms with Crippen LogP contribution in [0.1, 0.15) is 40.0 Å². The highest BCUT2D eigenvalue weighted by atomic mass is 16.4. The summed E-state index contributed by atoms with van der Waals surface area (Å²) in [5, 5.41) is 8.77. The van der Waals surface area contributed by atoms with Crippen molar-refractivity contribution in [1.82, 2.24) is 0 Å². The molecule has 0 spiro atoms. The molecule has 0 aliphatic heterocycles. The number of carbonyl (C=O) groups is 1. The molecule has 0 aromatic heterocycles. The number of aliphatic carboxylic acids is 1. The first-order valence-electron chi connectivity index (χ1n) is 4.53. The van der Waals surface area contributed by atoms with Crippen molar-refractivity contribution < 1.29 is 9.90 Å². The van der Waals surface area contributed by atoms with Crippen molar-refractivity contribution in [1.29, 1.82) is 0 Å². The largest absolute Gasteiger partial charge is 0.478 e. The molecule has 0 amide bonds. The SMILES string of the molecule is CCCCC=C(C(=O)O)C(C)C. The van der Waals surface area contributed by atoms with E-state index < -0.39 is 5.97 Å². The highest BCUT2D eigenvalue weighted by Crippen LogP contribution is 2.11. The second kappa shape index (κ2) is 5.81. The summed E-state index contributed by atoms with van der Waals surface area (Å²) in [5.74, 6) is -0.652. The van der Waals surface area contributed by atoms with Gasteiger partial charge in [-0.2, -0.15) is 0 Å². The summed E-state index contributed by atoms with van der Waals surface area (Å²) in [5.41, 5.74) is 0.545. The Kier molecular flexibility index (Phi) is 5.43. The maximum Gasteiger partial charge on any atom is 0.331 e. The number of rotatable bonds is 5. The molecular formula is C10H18O2. The summed E-state index contributed by atoms with van der Waals surface area (Å²) < 4.78 is 0. The first kappa shape index (κ1) is 11.2. The minimum absolute atomic E-state index is 0.124. The molecule has 1 N–H and O–H groups in total. The van der Waals surface area contributed by atoms with Crippen LogP contribution in [-0.4, -0.2) is 11.1 Å². The van der Waals surface area contributed by atoms with E-state index in [4.69, 9.17) is 5.11 Å². The minimum Gasteiger partial charge on any atom is -0.478 e. The summed E-state index contributed by atoms with van der Waals surface area (Å²) in [6.07, 6.45) is 4.91. The Labute approximate surface area is 74.3 Å². The van der Waals surface area contributed by atoms with Gasteiger partial charge in [0.25, 0.3) is 0 Å². The van der Waals surface area contributed by atoms with E-state index in [0.717, 1.165) is 19.3 Å². The molecule has 0 unspecified atom stereocenters. The number of hydrogen-bond donors (Lipinski definition) is 1. The van der Waals surface area contributed by atoms with E-state index in [0.29, 0.717) is 5.57 Å². The normalized spacial score (nSPS) is 12.2. The van der Waals surface area contributed by atoms with E-state index in [1.165, 1.54) is 0 Å². The van der Waals surface area contributed by atoms with Crippen molar-refractivity contribution in [2.24, 2.45) is 5.92 Å². The topological polar surface area (TPSA) is 37.3 Å². The molecule has 0 rings (SSSR count). The van der Waals surface area contributed by atoms with E-state index in [1.807, 2.05) is 19.9 Å². The van der Waals surface area contributed by atoms with Crippen molar-refractivity contribution in [3.63, 3.8) is 0 Å². The number of hydrogen-bond acceptors (Lipinski definition) is 1. The second-order valence-electron chi connectivity index (χ2n) is 3.26. The summed E-state index contributed by atoms with van der Waals surface area (Å²) >= 11 is 0. The molecule has 12 heavy (non-hydrogen) atoms. The van der Waals surface area contributed by atoms with E-state index in [2.05, 4.69) is 6.92 Å². The zero-order valence-electron chi connectivity index (χ0n) is 8.13. The molecule has 0 radical (unpaired) electrons. The van der Waals surface area contributed by atoms with Gasteiger partial charge in [0.05, 0.1) is 0 Å². The number of carboxylic acids is 1. The Morgan fingerprint density at radius 3 is 2.42 bits per heavy atom. The highest BCUT2D eigenvalue weighted by Gasteiger charge is 2.09. The molecule has 70 valence electrons. The Balaban J connectivity index is 4.10. The molecule has 0 aliphatic carbocycles.